The number of nitrogens with one attached hydrogen (secondary N) is 3. The number of carbonyl (C=O) groups is 1. The number of guanidine groups is 1. The molecule has 0 saturated carbocycles. The normalized spacial score (nSPS) is 11.3. The highest BCUT2D eigenvalue weighted by Crippen LogP contribution is 2.10. The van der Waals surface area contributed by atoms with Gasteiger partial charge in [0.2, 0.25) is 0 Å². The molecular formula is C15H27N5OS. The number of aliphatic imine (C=N–C) groups is 1. The third kappa shape index (κ3) is 6.89. The highest BCUT2D eigenvalue weighted by atomic mass is 32.1. The van der Waals surface area contributed by atoms with E-state index in [1.807, 2.05) is 6.92 Å². The fourth-order valence-corrected chi connectivity index (χ4v) is 2.65. The molecule has 0 bridgehead atoms. The predicted octanol–water partition coefficient (Wildman–Crippen LogP) is 1.93. The van der Waals surface area contributed by atoms with E-state index in [2.05, 4.69) is 32.9 Å². The predicted molar refractivity (Wildman–Crippen MR) is 92.7 cm³/mol. The Balaban J connectivity index is 2.14. The summed E-state index contributed by atoms with van der Waals surface area (Å²) in [6.45, 7) is 6.15. The minimum Gasteiger partial charge on any atom is -0.356 e. The summed E-state index contributed by atoms with van der Waals surface area (Å²) in [5.74, 6) is 0.712. The van der Waals surface area contributed by atoms with Gasteiger partial charge in [0, 0.05) is 26.7 Å². The number of thiazole rings is 1. The van der Waals surface area contributed by atoms with E-state index in [1.165, 1.54) is 30.6 Å². The molecule has 0 atom stereocenters. The Hall–Kier alpha value is -1.63. The molecule has 7 heteroatoms. The van der Waals surface area contributed by atoms with E-state index in [-0.39, 0.29) is 5.91 Å². The quantitative estimate of drug-likeness (QED) is 0.368. The summed E-state index contributed by atoms with van der Waals surface area (Å²) in [6.07, 6.45) is 4.91. The number of hydrogen-bond donors (Lipinski definition) is 3. The molecule has 1 aromatic heterocycles. The van der Waals surface area contributed by atoms with Crippen LogP contribution in [0.15, 0.2) is 10.5 Å². The number of rotatable bonds is 9. The summed E-state index contributed by atoms with van der Waals surface area (Å²) in [5.41, 5.74) is 2.47. The molecule has 1 aromatic rings. The molecule has 1 rings (SSSR count). The summed E-state index contributed by atoms with van der Waals surface area (Å²) >= 11 is 1.36. The molecule has 0 radical (unpaired) electrons. The van der Waals surface area contributed by atoms with Crippen LogP contribution in [0.3, 0.4) is 0 Å². The SMILES string of the molecule is CCCCCCNC(=NC)NCCNC(=O)c1scnc1C. The molecule has 0 aliphatic carbocycles. The molecule has 124 valence electrons. The van der Waals surface area contributed by atoms with Crippen LogP contribution in [0.4, 0.5) is 0 Å². The van der Waals surface area contributed by atoms with Crippen molar-refractivity contribution in [2.24, 2.45) is 4.99 Å². The maximum Gasteiger partial charge on any atom is 0.263 e. The molecule has 22 heavy (non-hydrogen) atoms. The Kier molecular flexibility index (Phi) is 9.21. The van der Waals surface area contributed by atoms with Gasteiger partial charge in [-0.1, -0.05) is 26.2 Å². The Morgan fingerprint density at radius 2 is 1.91 bits per heavy atom. The second-order valence-corrected chi connectivity index (χ2v) is 5.86. The number of aromatic nitrogens is 1. The van der Waals surface area contributed by atoms with E-state index in [9.17, 15) is 4.79 Å². The Bertz CT molecular complexity index is 472. The van der Waals surface area contributed by atoms with Gasteiger partial charge in [-0.05, 0) is 13.3 Å². The van der Waals surface area contributed by atoms with Crippen molar-refractivity contribution in [3.63, 3.8) is 0 Å². The number of hydrogen-bond acceptors (Lipinski definition) is 4. The maximum atomic E-state index is 11.9. The van der Waals surface area contributed by atoms with Crippen molar-refractivity contribution in [2.75, 3.05) is 26.7 Å². The first-order chi connectivity index (χ1) is 10.7. The average molecular weight is 325 g/mol. The van der Waals surface area contributed by atoms with Crippen molar-refractivity contribution in [1.82, 2.24) is 20.9 Å². The third-order valence-corrected chi connectivity index (χ3v) is 4.13. The number of carbonyl (C=O) groups excluding carboxylic acids is 1. The van der Waals surface area contributed by atoms with Gasteiger partial charge >= 0.3 is 0 Å². The molecule has 6 nitrogen and oxygen atoms in total. The van der Waals surface area contributed by atoms with Gasteiger partial charge in [0.05, 0.1) is 11.2 Å². The van der Waals surface area contributed by atoms with Crippen LogP contribution < -0.4 is 16.0 Å². The van der Waals surface area contributed by atoms with Gasteiger partial charge in [-0.15, -0.1) is 11.3 Å². The molecule has 3 N–H and O–H groups in total. The third-order valence-electron chi connectivity index (χ3n) is 3.20. The van der Waals surface area contributed by atoms with E-state index in [1.54, 1.807) is 12.6 Å². The molecule has 0 saturated heterocycles. The highest BCUT2D eigenvalue weighted by molar-refractivity contribution is 7.11. The first-order valence-electron chi connectivity index (χ1n) is 7.81. The van der Waals surface area contributed by atoms with Gasteiger partial charge in [0.15, 0.2) is 5.96 Å². The van der Waals surface area contributed by atoms with Gasteiger partial charge in [-0.25, -0.2) is 4.98 Å². The molecule has 0 aliphatic heterocycles. The van der Waals surface area contributed by atoms with Crippen molar-refractivity contribution < 1.29 is 4.79 Å². The van der Waals surface area contributed by atoms with Crippen LogP contribution in [0.25, 0.3) is 0 Å². The Labute approximate surface area is 136 Å². The van der Waals surface area contributed by atoms with Crippen LogP contribution >= 0.6 is 11.3 Å². The van der Waals surface area contributed by atoms with Gasteiger partial charge in [-0.3, -0.25) is 9.79 Å². The van der Waals surface area contributed by atoms with Crippen molar-refractivity contribution in [2.45, 2.75) is 39.5 Å². The standard InChI is InChI=1S/C15H27N5OS/c1-4-5-6-7-8-18-15(16-3)19-10-9-17-14(21)13-12(2)20-11-22-13/h11H,4-10H2,1-3H3,(H,17,21)(H2,16,18,19). The van der Waals surface area contributed by atoms with Crippen molar-refractivity contribution in [3.8, 4) is 0 Å². The monoisotopic (exact) mass is 325 g/mol. The average Bonchev–Trinajstić information content (AvgIpc) is 2.95. The van der Waals surface area contributed by atoms with E-state index in [0.29, 0.717) is 18.0 Å². The highest BCUT2D eigenvalue weighted by Gasteiger charge is 2.10. The Morgan fingerprint density at radius 3 is 2.55 bits per heavy atom. The molecule has 0 unspecified atom stereocenters. The summed E-state index contributed by atoms with van der Waals surface area (Å²) < 4.78 is 0. The van der Waals surface area contributed by atoms with Gasteiger partial charge in [0.1, 0.15) is 4.88 Å². The second-order valence-electron chi connectivity index (χ2n) is 5.01. The minimum absolute atomic E-state index is 0.0655. The summed E-state index contributed by atoms with van der Waals surface area (Å²) in [6, 6.07) is 0. The van der Waals surface area contributed by atoms with Gasteiger partial charge in [-0.2, -0.15) is 0 Å². The zero-order valence-corrected chi connectivity index (χ0v) is 14.6. The van der Waals surface area contributed by atoms with Crippen LogP contribution in [0.2, 0.25) is 0 Å². The first-order valence-corrected chi connectivity index (χ1v) is 8.69. The number of amides is 1. The number of unbranched alkanes of at least 4 members (excludes halogenated alkanes) is 3. The van der Waals surface area contributed by atoms with Crippen molar-refractivity contribution in [3.05, 3.63) is 16.1 Å². The van der Waals surface area contributed by atoms with E-state index in [4.69, 9.17) is 0 Å². The fourth-order valence-electron chi connectivity index (χ4n) is 1.94. The number of nitrogens with zero attached hydrogens (tertiary/aromatic N) is 2. The van der Waals surface area contributed by atoms with E-state index in [0.717, 1.165) is 24.6 Å². The summed E-state index contributed by atoms with van der Waals surface area (Å²) in [7, 11) is 1.75. The van der Waals surface area contributed by atoms with Crippen LogP contribution in [0.1, 0.15) is 48.0 Å². The maximum absolute atomic E-state index is 11.9. The topological polar surface area (TPSA) is 78.4 Å². The zero-order chi connectivity index (χ0) is 16.2. The fraction of sp³-hybridized carbons (Fsp3) is 0.667. The lowest BCUT2D eigenvalue weighted by molar-refractivity contribution is 0.0957. The lowest BCUT2D eigenvalue weighted by Gasteiger charge is -2.12. The molecule has 0 fully saturated rings. The second kappa shape index (κ2) is 11.0. The van der Waals surface area contributed by atoms with Gasteiger partial charge in [0.25, 0.3) is 5.91 Å². The largest absolute Gasteiger partial charge is 0.356 e. The van der Waals surface area contributed by atoms with Crippen LogP contribution in [0.5, 0.6) is 0 Å². The van der Waals surface area contributed by atoms with Crippen LogP contribution in [0, 0.1) is 6.92 Å². The molecular weight excluding hydrogens is 298 g/mol. The lowest BCUT2D eigenvalue weighted by Crippen LogP contribution is -2.41. The first kappa shape index (κ1) is 18.4. The summed E-state index contributed by atoms with van der Waals surface area (Å²) in [4.78, 5) is 20.8. The zero-order valence-electron chi connectivity index (χ0n) is 13.7. The van der Waals surface area contributed by atoms with E-state index >= 15 is 0 Å². The molecule has 0 spiro atoms. The Morgan fingerprint density at radius 1 is 1.18 bits per heavy atom. The molecule has 1 amide bonds. The minimum atomic E-state index is -0.0655. The molecule has 0 aromatic carbocycles. The lowest BCUT2D eigenvalue weighted by atomic mass is 10.2. The van der Waals surface area contributed by atoms with Crippen LogP contribution in [-0.2, 0) is 0 Å². The molecule has 0 aliphatic rings. The summed E-state index contributed by atoms with van der Waals surface area (Å²) in [5, 5.41) is 9.33. The number of aryl methyl sites for hydroxylation is 1. The molecule has 1 heterocycles. The van der Waals surface area contributed by atoms with E-state index < -0.39 is 0 Å². The van der Waals surface area contributed by atoms with Gasteiger partial charge < -0.3 is 16.0 Å². The van der Waals surface area contributed by atoms with Crippen molar-refractivity contribution in [1.29, 1.82) is 0 Å². The van der Waals surface area contributed by atoms with Crippen molar-refractivity contribution >= 4 is 23.2 Å². The van der Waals surface area contributed by atoms with Crippen LogP contribution in [-0.4, -0.2) is 43.5 Å². The smallest absolute Gasteiger partial charge is 0.263 e.